The third-order valence-electron chi connectivity index (χ3n) is 1.98. The zero-order valence-corrected chi connectivity index (χ0v) is 10.9. The number of hydrogen-bond acceptors (Lipinski definition) is 5. The molecule has 7 heteroatoms. The van der Waals surface area contributed by atoms with E-state index in [0.717, 1.165) is 0 Å². The van der Waals surface area contributed by atoms with E-state index >= 15 is 0 Å². The lowest BCUT2D eigenvalue weighted by molar-refractivity contribution is -0.141. The molecule has 0 radical (unpaired) electrons. The number of carboxylic acid groups (broad SMARTS) is 1. The fourth-order valence-electron chi connectivity index (χ4n) is 1.10. The first-order chi connectivity index (χ1) is 7.88. The average Bonchev–Trinajstić information content (AvgIpc) is 2.25. The van der Waals surface area contributed by atoms with Crippen LogP contribution in [0.1, 0.15) is 20.3 Å². The number of carbonyl (C=O) groups is 3. The van der Waals surface area contributed by atoms with Gasteiger partial charge in [-0.25, -0.2) is 4.79 Å². The van der Waals surface area contributed by atoms with E-state index in [4.69, 9.17) is 5.11 Å². The first kappa shape index (κ1) is 15.8. The number of carbonyl (C=O) groups excluding carboxylic acids is 2. The van der Waals surface area contributed by atoms with Gasteiger partial charge in [0.1, 0.15) is 6.04 Å². The Labute approximate surface area is 104 Å². The van der Waals surface area contributed by atoms with E-state index < -0.39 is 12.0 Å². The lowest BCUT2D eigenvalue weighted by Crippen LogP contribution is -2.40. The van der Waals surface area contributed by atoms with E-state index in [-0.39, 0.29) is 23.5 Å². The zero-order valence-electron chi connectivity index (χ0n) is 10.1. The Morgan fingerprint density at radius 2 is 2.00 bits per heavy atom. The molecule has 0 aliphatic rings. The van der Waals surface area contributed by atoms with E-state index in [0.29, 0.717) is 5.75 Å². The normalized spacial score (nSPS) is 13.6. The summed E-state index contributed by atoms with van der Waals surface area (Å²) in [5.41, 5.74) is 0. The van der Waals surface area contributed by atoms with Crippen LogP contribution in [-0.4, -0.2) is 47.1 Å². The predicted molar refractivity (Wildman–Crippen MR) is 63.8 cm³/mol. The number of esters is 1. The molecule has 1 amide bonds. The van der Waals surface area contributed by atoms with Gasteiger partial charge in [-0.2, -0.15) is 0 Å². The highest BCUT2D eigenvalue weighted by molar-refractivity contribution is 8.00. The van der Waals surface area contributed by atoms with Gasteiger partial charge in [-0.15, -0.1) is 11.8 Å². The monoisotopic (exact) mass is 263 g/mol. The van der Waals surface area contributed by atoms with Crippen molar-refractivity contribution in [1.29, 1.82) is 0 Å². The molecule has 0 heterocycles. The van der Waals surface area contributed by atoms with Crippen LogP contribution < -0.4 is 5.32 Å². The lowest BCUT2D eigenvalue weighted by atomic mass is 10.2. The smallest absolute Gasteiger partial charge is 0.326 e. The predicted octanol–water partition coefficient (Wildman–Crippen LogP) is 0.260. The van der Waals surface area contributed by atoms with Gasteiger partial charge in [-0.1, -0.05) is 0 Å². The quantitative estimate of drug-likeness (QED) is 0.640. The third-order valence-corrected chi connectivity index (χ3v) is 3.15. The molecule has 17 heavy (non-hydrogen) atoms. The van der Waals surface area contributed by atoms with E-state index in [9.17, 15) is 14.4 Å². The Bertz CT molecular complexity index is 294. The molecule has 0 fully saturated rings. The maximum absolute atomic E-state index is 11.1. The summed E-state index contributed by atoms with van der Waals surface area (Å²) in [5.74, 6) is -1.36. The summed E-state index contributed by atoms with van der Waals surface area (Å²) >= 11 is 1.29. The van der Waals surface area contributed by atoms with Crippen LogP contribution in [0, 0.1) is 0 Å². The highest BCUT2D eigenvalue weighted by atomic mass is 32.2. The van der Waals surface area contributed by atoms with Crippen molar-refractivity contribution in [2.45, 2.75) is 31.6 Å². The number of carboxylic acids is 1. The minimum atomic E-state index is -1.08. The zero-order chi connectivity index (χ0) is 13.4. The molecule has 2 N–H and O–H groups in total. The van der Waals surface area contributed by atoms with Crippen LogP contribution in [0.15, 0.2) is 0 Å². The van der Waals surface area contributed by atoms with Crippen molar-refractivity contribution in [2.24, 2.45) is 0 Å². The number of hydrogen-bond donors (Lipinski definition) is 2. The first-order valence-electron chi connectivity index (χ1n) is 5.07. The minimum absolute atomic E-state index is 0.265. The van der Waals surface area contributed by atoms with Crippen LogP contribution in [0.4, 0.5) is 0 Å². The van der Waals surface area contributed by atoms with Crippen molar-refractivity contribution in [3.8, 4) is 0 Å². The van der Waals surface area contributed by atoms with Crippen molar-refractivity contribution in [3.05, 3.63) is 0 Å². The second-order valence-electron chi connectivity index (χ2n) is 3.42. The van der Waals surface area contributed by atoms with Crippen LogP contribution >= 0.6 is 11.8 Å². The lowest BCUT2D eigenvalue weighted by Gasteiger charge is -2.14. The van der Waals surface area contributed by atoms with Crippen LogP contribution in [0.3, 0.4) is 0 Å². The molecule has 0 rings (SSSR count). The number of ether oxygens (including phenoxy) is 1. The summed E-state index contributed by atoms with van der Waals surface area (Å²) in [7, 11) is 1.30. The van der Waals surface area contributed by atoms with Crippen LogP contribution in [0.25, 0.3) is 0 Å². The number of thioether (sulfide) groups is 1. The molecule has 98 valence electrons. The molecule has 0 saturated carbocycles. The third kappa shape index (κ3) is 6.83. The first-order valence-corrected chi connectivity index (χ1v) is 6.12. The number of methoxy groups -OCH3 is 1. The van der Waals surface area contributed by atoms with Gasteiger partial charge >= 0.3 is 11.9 Å². The fraction of sp³-hybridized carbons (Fsp3) is 0.700. The van der Waals surface area contributed by atoms with Gasteiger partial charge in [0.05, 0.1) is 12.4 Å². The molecule has 6 nitrogen and oxygen atoms in total. The van der Waals surface area contributed by atoms with E-state index in [2.05, 4.69) is 10.1 Å². The Hall–Kier alpha value is -1.24. The van der Waals surface area contributed by atoms with Crippen molar-refractivity contribution in [3.63, 3.8) is 0 Å². The van der Waals surface area contributed by atoms with Gasteiger partial charge in [-0.05, 0) is 19.1 Å². The second-order valence-corrected chi connectivity index (χ2v) is 4.86. The van der Waals surface area contributed by atoms with Gasteiger partial charge in [0.2, 0.25) is 5.91 Å². The Morgan fingerprint density at radius 1 is 1.41 bits per heavy atom. The fourth-order valence-corrected chi connectivity index (χ4v) is 2.06. The van der Waals surface area contributed by atoms with Crippen LogP contribution in [0.5, 0.6) is 0 Å². The Kier molecular flexibility index (Phi) is 7.36. The molecule has 2 atom stereocenters. The topological polar surface area (TPSA) is 92.7 Å². The van der Waals surface area contributed by atoms with E-state index in [1.807, 2.05) is 0 Å². The molecule has 0 aromatic heterocycles. The maximum Gasteiger partial charge on any atom is 0.326 e. The van der Waals surface area contributed by atoms with Gasteiger partial charge in [-0.3, -0.25) is 9.59 Å². The van der Waals surface area contributed by atoms with E-state index in [1.165, 1.54) is 25.8 Å². The number of amides is 1. The number of aliphatic carboxylic acids is 1. The molecule has 0 spiro atoms. The van der Waals surface area contributed by atoms with Crippen molar-refractivity contribution < 1.29 is 24.2 Å². The second kappa shape index (κ2) is 7.94. The molecule has 2 unspecified atom stereocenters. The SMILES string of the molecule is COC(=O)C(C)SCCC(NC(C)=O)C(=O)O. The van der Waals surface area contributed by atoms with E-state index in [1.54, 1.807) is 6.92 Å². The molecule has 0 aromatic rings. The highest BCUT2D eigenvalue weighted by Gasteiger charge is 2.19. The Balaban J connectivity index is 4.02. The molecular formula is C10H17NO5S. The van der Waals surface area contributed by atoms with Crippen molar-refractivity contribution >= 4 is 29.6 Å². The molecule has 0 saturated heterocycles. The standard InChI is InChI=1S/C10H17NO5S/c1-6(10(15)16-3)17-5-4-8(9(13)14)11-7(2)12/h6,8H,4-5H2,1-3H3,(H,11,12)(H,13,14). The Morgan fingerprint density at radius 3 is 2.41 bits per heavy atom. The summed E-state index contributed by atoms with van der Waals surface area (Å²) in [5, 5.41) is 10.8. The van der Waals surface area contributed by atoms with Gasteiger partial charge in [0.25, 0.3) is 0 Å². The van der Waals surface area contributed by atoms with Crippen LogP contribution in [0.2, 0.25) is 0 Å². The summed E-state index contributed by atoms with van der Waals surface area (Å²) in [6.45, 7) is 2.95. The molecule has 0 aromatic carbocycles. The number of rotatable bonds is 7. The van der Waals surface area contributed by atoms with Gasteiger partial charge in [0, 0.05) is 6.92 Å². The largest absolute Gasteiger partial charge is 0.480 e. The highest BCUT2D eigenvalue weighted by Crippen LogP contribution is 2.14. The molecule has 0 aliphatic heterocycles. The van der Waals surface area contributed by atoms with Gasteiger partial charge in [0.15, 0.2) is 0 Å². The van der Waals surface area contributed by atoms with Crippen LogP contribution in [-0.2, 0) is 19.1 Å². The number of nitrogens with one attached hydrogen (secondary N) is 1. The summed E-state index contributed by atoms with van der Waals surface area (Å²) < 4.78 is 4.54. The molecule has 0 aliphatic carbocycles. The minimum Gasteiger partial charge on any atom is -0.480 e. The molecular weight excluding hydrogens is 246 g/mol. The molecule has 0 bridgehead atoms. The summed E-state index contributed by atoms with van der Waals surface area (Å²) in [6, 6.07) is -0.912. The van der Waals surface area contributed by atoms with Gasteiger partial charge < -0.3 is 15.2 Å². The summed E-state index contributed by atoms with van der Waals surface area (Å²) in [6.07, 6.45) is 0.265. The maximum atomic E-state index is 11.1. The van der Waals surface area contributed by atoms with Crippen molar-refractivity contribution in [1.82, 2.24) is 5.32 Å². The van der Waals surface area contributed by atoms with Crippen molar-refractivity contribution in [2.75, 3.05) is 12.9 Å². The summed E-state index contributed by atoms with van der Waals surface area (Å²) in [4.78, 5) is 32.6. The average molecular weight is 263 g/mol.